The highest BCUT2D eigenvalue weighted by Crippen LogP contribution is 2.38. The number of nitrogens with zero attached hydrogens (tertiary/aromatic N) is 1. The second-order valence-corrected chi connectivity index (χ2v) is 7.27. The van der Waals surface area contributed by atoms with E-state index in [0.717, 1.165) is 12.1 Å². The molecule has 2 aromatic carbocycles. The average Bonchev–Trinajstić information content (AvgIpc) is 3.13. The lowest BCUT2D eigenvalue weighted by molar-refractivity contribution is -0.137. The predicted octanol–water partition coefficient (Wildman–Crippen LogP) is 4.54. The average molecular weight is 453 g/mol. The van der Waals surface area contributed by atoms with E-state index in [4.69, 9.17) is 20.8 Å². The Labute approximate surface area is 179 Å². The standard InChI is InChI=1S/C21H16ClF3N2O4/c22-15-3-1-2-13-16(28)11-18(31-19(13)15)14-5-4-12(21(23,24)25)10-17(14)30-9-8-27-7-6-26-20(27)29/h1-5,10-11H,6-9H2,(H,26,29). The van der Waals surface area contributed by atoms with Gasteiger partial charge in [-0.05, 0) is 30.3 Å². The van der Waals surface area contributed by atoms with Crippen molar-refractivity contribution in [3.63, 3.8) is 0 Å². The van der Waals surface area contributed by atoms with E-state index in [1.54, 1.807) is 18.2 Å². The molecule has 1 N–H and O–H groups in total. The van der Waals surface area contributed by atoms with Gasteiger partial charge >= 0.3 is 12.2 Å². The highest BCUT2D eigenvalue weighted by atomic mass is 35.5. The molecule has 0 atom stereocenters. The number of urea groups is 1. The highest BCUT2D eigenvalue weighted by Gasteiger charge is 2.32. The molecule has 0 aliphatic carbocycles. The van der Waals surface area contributed by atoms with Crippen molar-refractivity contribution < 1.29 is 27.1 Å². The zero-order chi connectivity index (χ0) is 22.2. The number of para-hydroxylation sites is 1. The molecule has 31 heavy (non-hydrogen) atoms. The molecule has 6 nitrogen and oxygen atoms in total. The Morgan fingerprint density at radius 1 is 1.16 bits per heavy atom. The van der Waals surface area contributed by atoms with Crippen molar-refractivity contribution in [2.75, 3.05) is 26.2 Å². The van der Waals surface area contributed by atoms with E-state index in [1.807, 2.05) is 0 Å². The van der Waals surface area contributed by atoms with Crippen LogP contribution in [-0.2, 0) is 6.18 Å². The Bertz CT molecular complexity index is 1210. The lowest BCUT2D eigenvalue weighted by Crippen LogP contribution is -2.31. The maximum Gasteiger partial charge on any atom is 0.416 e. The van der Waals surface area contributed by atoms with Crippen LogP contribution in [0.15, 0.2) is 51.7 Å². The lowest BCUT2D eigenvalue weighted by Gasteiger charge is -2.17. The summed E-state index contributed by atoms with van der Waals surface area (Å²) in [7, 11) is 0. The first kappa shape index (κ1) is 21.0. The first-order valence-electron chi connectivity index (χ1n) is 9.33. The monoisotopic (exact) mass is 452 g/mol. The third kappa shape index (κ3) is 4.32. The molecular formula is C21H16ClF3N2O4. The van der Waals surface area contributed by atoms with Gasteiger partial charge in [-0.2, -0.15) is 13.2 Å². The zero-order valence-corrected chi connectivity index (χ0v) is 16.7. The summed E-state index contributed by atoms with van der Waals surface area (Å²) in [4.78, 5) is 25.6. The van der Waals surface area contributed by atoms with E-state index in [2.05, 4.69) is 5.32 Å². The second-order valence-electron chi connectivity index (χ2n) is 6.87. The molecule has 2 amide bonds. The van der Waals surface area contributed by atoms with E-state index in [9.17, 15) is 22.8 Å². The van der Waals surface area contributed by atoms with Gasteiger partial charge in [-0.25, -0.2) is 4.79 Å². The predicted molar refractivity (Wildman–Crippen MR) is 108 cm³/mol. The number of alkyl halides is 3. The molecule has 10 heteroatoms. The number of ether oxygens (including phenoxy) is 1. The Kier molecular flexibility index (Phi) is 5.53. The minimum absolute atomic E-state index is 0.0215. The van der Waals surface area contributed by atoms with Gasteiger partial charge in [0, 0.05) is 19.2 Å². The summed E-state index contributed by atoms with van der Waals surface area (Å²) < 4.78 is 51.1. The minimum atomic E-state index is -4.58. The molecule has 0 spiro atoms. The Balaban J connectivity index is 1.72. The van der Waals surface area contributed by atoms with Crippen LogP contribution in [0, 0.1) is 0 Å². The fourth-order valence-corrected chi connectivity index (χ4v) is 3.50. The molecule has 2 heterocycles. The largest absolute Gasteiger partial charge is 0.491 e. The van der Waals surface area contributed by atoms with Crippen molar-refractivity contribution in [2.45, 2.75) is 6.18 Å². The minimum Gasteiger partial charge on any atom is -0.491 e. The number of hydrogen-bond donors (Lipinski definition) is 1. The van der Waals surface area contributed by atoms with Crippen molar-refractivity contribution >= 4 is 28.6 Å². The number of nitrogens with one attached hydrogen (secondary N) is 1. The Morgan fingerprint density at radius 2 is 1.97 bits per heavy atom. The Morgan fingerprint density at radius 3 is 2.68 bits per heavy atom. The van der Waals surface area contributed by atoms with Crippen LogP contribution in [0.3, 0.4) is 0 Å². The summed E-state index contributed by atoms with van der Waals surface area (Å²) in [6.07, 6.45) is -4.58. The molecule has 1 aliphatic heterocycles. The van der Waals surface area contributed by atoms with Crippen LogP contribution >= 0.6 is 11.6 Å². The number of amides is 2. The van der Waals surface area contributed by atoms with Gasteiger partial charge in [0.05, 0.1) is 28.1 Å². The summed E-state index contributed by atoms with van der Waals surface area (Å²) in [5, 5.41) is 3.09. The van der Waals surface area contributed by atoms with Crippen LogP contribution in [0.2, 0.25) is 5.02 Å². The highest BCUT2D eigenvalue weighted by molar-refractivity contribution is 6.34. The fraction of sp³-hybridized carbons (Fsp3) is 0.238. The number of carbonyl (C=O) groups is 1. The molecule has 0 unspecified atom stereocenters. The van der Waals surface area contributed by atoms with E-state index in [0.29, 0.717) is 13.1 Å². The number of rotatable bonds is 5. The molecular weight excluding hydrogens is 437 g/mol. The quantitative estimate of drug-likeness (QED) is 0.617. The van der Waals surface area contributed by atoms with Crippen LogP contribution in [-0.4, -0.2) is 37.2 Å². The second kappa shape index (κ2) is 8.14. The van der Waals surface area contributed by atoms with E-state index in [1.165, 1.54) is 17.0 Å². The molecule has 1 aliphatic rings. The van der Waals surface area contributed by atoms with Gasteiger partial charge in [-0.15, -0.1) is 0 Å². The SMILES string of the molecule is O=C1NCCN1CCOc1cc(C(F)(F)F)ccc1-c1cc(=O)c2cccc(Cl)c2o1. The topological polar surface area (TPSA) is 71.8 Å². The van der Waals surface area contributed by atoms with Gasteiger partial charge in [0.25, 0.3) is 0 Å². The number of halogens is 4. The van der Waals surface area contributed by atoms with Gasteiger partial charge in [0.2, 0.25) is 0 Å². The molecule has 0 saturated carbocycles. The smallest absolute Gasteiger partial charge is 0.416 e. The lowest BCUT2D eigenvalue weighted by atomic mass is 10.1. The van der Waals surface area contributed by atoms with Crippen molar-refractivity contribution in [3.8, 4) is 17.1 Å². The first-order valence-corrected chi connectivity index (χ1v) is 9.71. The summed E-state index contributed by atoms with van der Waals surface area (Å²) in [5.74, 6) is -0.0998. The third-order valence-corrected chi connectivity index (χ3v) is 5.14. The normalized spacial score (nSPS) is 14.2. The summed E-state index contributed by atoms with van der Waals surface area (Å²) >= 11 is 6.13. The van der Waals surface area contributed by atoms with Crippen LogP contribution in [0.4, 0.5) is 18.0 Å². The van der Waals surface area contributed by atoms with Crippen LogP contribution < -0.4 is 15.5 Å². The maximum absolute atomic E-state index is 13.2. The van der Waals surface area contributed by atoms with Crippen LogP contribution in [0.25, 0.3) is 22.3 Å². The van der Waals surface area contributed by atoms with Crippen molar-refractivity contribution in [1.29, 1.82) is 0 Å². The van der Waals surface area contributed by atoms with E-state index < -0.39 is 17.2 Å². The fourth-order valence-electron chi connectivity index (χ4n) is 3.29. The van der Waals surface area contributed by atoms with Crippen LogP contribution in [0.5, 0.6) is 5.75 Å². The molecule has 0 bridgehead atoms. The van der Waals surface area contributed by atoms with Crippen molar-refractivity contribution in [3.05, 3.63) is 63.3 Å². The van der Waals surface area contributed by atoms with Gasteiger partial charge in [0.15, 0.2) is 11.0 Å². The van der Waals surface area contributed by atoms with Gasteiger partial charge in [-0.1, -0.05) is 17.7 Å². The molecule has 3 aromatic rings. The third-order valence-electron chi connectivity index (χ3n) is 4.84. The number of fused-ring (bicyclic) bond motifs is 1. The van der Waals surface area contributed by atoms with E-state index in [-0.39, 0.29) is 52.2 Å². The zero-order valence-electron chi connectivity index (χ0n) is 16.0. The van der Waals surface area contributed by atoms with Gasteiger partial charge in [-0.3, -0.25) is 4.79 Å². The van der Waals surface area contributed by atoms with Crippen molar-refractivity contribution in [2.24, 2.45) is 0 Å². The Hall–Kier alpha value is -3.20. The van der Waals surface area contributed by atoms with Crippen molar-refractivity contribution in [1.82, 2.24) is 10.2 Å². The molecule has 4 rings (SSSR count). The van der Waals surface area contributed by atoms with Gasteiger partial charge < -0.3 is 19.4 Å². The molecule has 0 radical (unpaired) electrons. The van der Waals surface area contributed by atoms with E-state index >= 15 is 0 Å². The van der Waals surface area contributed by atoms with Gasteiger partial charge in [0.1, 0.15) is 18.1 Å². The summed E-state index contributed by atoms with van der Waals surface area (Å²) in [6.45, 7) is 1.13. The maximum atomic E-state index is 13.2. The number of carbonyl (C=O) groups excluding carboxylic acids is 1. The molecule has 1 saturated heterocycles. The first-order chi connectivity index (χ1) is 14.7. The number of benzene rings is 2. The van der Waals surface area contributed by atoms with Crippen LogP contribution in [0.1, 0.15) is 5.56 Å². The summed E-state index contributed by atoms with van der Waals surface area (Å²) in [6, 6.07) is 8.52. The summed E-state index contributed by atoms with van der Waals surface area (Å²) in [5.41, 5.74) is -1.01. The number of hydrogen-bond acceptors (Lipinski definition) is 4. The molecule has 1 fully saturated rings. The molecule has 1 aromatic heterocycles. The molecule has 162 valence electrons.